The number of anilines is 1. The number of H-pyrrole nitrogens is 1. The second kappa shape index (κ2) is 6.24. The summed E-state index contributed by atoms with van der Waals surface area (Å²) in [5.74, 6) is -0.207. The topological polar surface area (TPSA) is 44.9 Å². The summed E-state index contributed by atoms with van der Waals surface area (Å²) in [7, 11) is 0. The van der Waals surface area contributed by atoms with Gasteiger partial charge < -0.3 is 10.3 Å². The highest BCUT2D eigenvalue weighted by Gasteiger charge is 2.11. The van der Waals surface area contributed by atoms with E-state index < -0.39 is 0 Å². The van der Waals surface area contributed by atoms with Crippen LogP contribution in [0.5, 0.6) is 0 Å². The van der Waals surface area contributed by atoms with E-state index in [0.29, 0.717) is 15.7 Å². The number of hydrogen-bond acceptors (Lipinski definition) is 2. The number of carbonyl (C=O) groups is 1. The van der Waals surface area contributed by atoms with Gasteiger partial charge in [-0.25, -0.2) is 0 Å². The van der Waals surface area contributed by atoms with Crippen LogP contribution < -0.4 is 5.32 Å². The Morgan fingerprint density at radius 2 is 1.91 bits per heavy atom. The maximum Gasteiger partial charge on any atom is 0.272 e. The second-order valence-electron chi connectivity index (χ2n) is 4.72. The molecule has 2 aromatic carbocycles. The lowest BCUT2D eigenvalue weighted by Crippen LogP contribution is -2.12. The molecule has 22 heavy (non-hydrogen) atoms. The van der Waals surface area contributed by atoms with Crippen LogP contribution in [0.2, 0.25) is 10.0 Å². The number of carbonyl (C=O) groups excluding carboxylic acids is 1. The summed E-state index contributed by atoms with van der Waals surface area (Å²) in [5.41, 5.74) is 1.99. The zero-order valence-corrected chi connectivity index (χ0v) is 13.9. The molecule has 0 saturated heterocycles. The van der Waals surface area contributed by atoms with Gasteiger partial charge in [0.05, 0.1) is 10.0 Å². The van der Waals surface area contributed by atoms with Gasteiger partial charge in [0.25, 0.3) is 5.91 Å². The molecule has 0 radical (unpaired) electrons. The first kappa shape index (κ1) is 15.3. The van der Waals surface area contributed by atoms with Crippen LogP contribution >= 0.6 is 35.0 Å². The van der Waals surface area contributed by atoms with E-state index in [1.807, 2.05) is 30.5 Å². The van der Waals surface area contributed by atoms with Crippen LogP contribution in [-0.2, 0) is 0 Å². The third kappa shape index (κ3) is 3.09. The molecule has 2 N–H and O–H groups in total. The summed E-state index contributed by atoms with van der Waals surface area (Å²) in [4.78, 5) is 16.5. The molecule has 1 amide bonds. The minimum atomic E-state index is -0.207. The van der Waals surface area contributed by atoms with Gasteiger partial charge in [-0.05, 0) is 42.7 Å². The molecular formula is C16H12Cl2N2OS. The van der Waals surface area contributed by atoms with E-state index in [2.05, 4.69) is 10.3 Å². The molecule has 0 spiro atoms. The van der Waals surface area contributed by atoms with Crippen molar-refractivity contribution in [2.24, 2.45) is 0 Å². The third-order valence-electron chi connectivity index (χ3n) is 3.23. The molecule has 0 unspecified atom stereocenters. The predicted octanol–water partition coefficient (Wildman–Crippen LogP) is 5.45. The fourth-order valence-corrected chi connectivity index (χ4v) is 2.94. The number of benzene rings is 2. The van der Waals surface area contributed by atoms with Gasteiger partial charge in [-0.15, -0.1) is 11.8 Å². The number of fused-ring (bicyclic) bond motifs is 1. The van der Waals surface area contributed by atoms with Crippen LogP contribution in [0.25, 0.3) is 10.9 Å². The Labute approximate surface area is 142 Å². The Balaban J connectivity index is 1.88. The number of aromatic nitrogens is 1. The molecule has 1 aromatic heterocycles. The second-order valence-corrected chi connectivity index (χ2v) is 6.42. The zero-order valence-electron chi connectivity index (χ0n) is 11.6. The Morgan fingerprint density at radius 1 is 1.14 bits per heavy atom. The van der Waals surface area contributed by atoms with Crippen LogP contribution in [0.15, 0.2) is 47.4 Å². The van der Waals surface area contributed by atoms with E-state index in [9.17, 15) is 4.79 Å². The molecular weight excluding hydrogens is 339 g/mol. The summed E-state index contributed by atoms with van der Waals surface area (Å²) in [5, 5.41) is 4.64. The van der Waals surface area contributed by atoms with Crippen molar-refractivity contribution in [3.63, 3.8) is 0 Å². The van der Waals surface area contributed by atoms with Crippen LogP contribution in [0, 0.1) is 0 Å². The number of halogens is 2. The quantitative estimate of drug-likeness (QED) is 0.617. The molecule has 0 aliphatic carbocycles. The molecule has 0 atom stereocenters. The Morgan fingerprint density at radius 3 is 2.68 bits per heavy atom. The summed E-state index contributed by atoms with van der Waals surface area (Å²) >= 11 is 13.6. The van der Waals surface area contributed by atoms with Crippen molar-refractivity contribution in [3.8, 4) is 0 Å². The maximum absolute atomic E-state index is 12.3. The minimum absolute atomic E-state index is 0.207. The van der Waals surface area contributed by atoms with Crippen molar-refractivity contribution < 1.29 is 4.79 Å². The highest BCUT2D eigenvalue weighted by atomic mass is 35.5. The van der Waals surface area contributed by atoms with Crippen LogP contribution in [-0.4, -0.2) is 17.1 Å². The average molecular weight is 351 g/mol. The molecule has 0 aliphatic heterocycles. The van der Waals surface area contributed by atoms with Gasteiger partial charge in [-0.1, -0.05) is 29.3 Å². The van der Waals surface area contributed by atoms with Gasteiger partial charge in [0, 0.05) is 21.5 Å². The Hall–Kier alpha value is -1.62. The smallest absolute Gasteiger partial charge is 0.272 e. The Bertz CT molecular complexity index is 821. The predicted molar refractivity (Wildman–Crippen MR) is 94.5 cm³/mol. The summed E-state index contributed by atoms with van der Waals surface area (Å²) in [6, 6.07) is 12.9. The fraction of sp³-hybridized carbons (Fsp3) is 0.0625. The van der Waals surface area contributed by atoms with E-state index in [1.54, 1.807) is 30.0 Å². The lowest BCUT2D eigenvalue weighted by atomic mass is 10.2. The van der Waals surface area contributed by atoms with Gasteiger partial charge in [-0.3, -0.25) is 4.79 Å². The summed E-state index contributed by atoms with van der Waals surface area (Å²) < 4.78 is 0. The minimum Gasteiger partial charge on any atom is -0.350 e. The number of hydrogen-bond donors (Lipinski definition) is 2. The number of nitrogens with one attached hydrogen (secondary N) is 2. The molecule has 0 fully saturated rings. The molecule has 0 aliphatic rings. The van der Waals surface area contributed by atoms with E-state index in [0.717, 1.165) is 21.5 Å². The Kier molecular flexibility index (Phi) is 4.34. The summed E-state index contributed by atoms with van der Waals surface area (Å²) in [6.45, 7) is 0. The molecule has 3 aromatic rings. The van der Waals surface area contributed by atoms with Crippen LogP contribution in [0.3, 0.4) is 0 Å². The highest BCUT2D eigenvalue weighted by molar-refractivity contribution is 7.98. The van der Waals surface area contributed by atoms with Crippen molar-refractivity contribution in [2.45, 2.75) is 4.90 Å². The summed E-state index contributed by atoms with van der Waals surface area (Å²) in [6.07, 6.45) is 1.99. The fourth-order valence-electron chi connectivity index (χ4n) is 2.15. The number of rotatable bonds is 3. The number of amides is 1. The van der Waals surface area contributed by atoms with Crippen LogP contribution in [0.4, 0.5) is 5.69 Å². The first-order valence-corrected chi connectivity index (χ1v) is 8.48. The molecule has 3 nitrogen and oxygen atoms in total. The van der Waals surface area contributed by atoms with Crippen molar-refractivity contribution in [1.29, 1.82) is 0 Å². The van der Waals surface area contributed by atoms with Gasteiger partial charge in [0.2, 0.25) is 0 Å². The normalized spacial score (nSPS) is 10.9. The van der Waals surface area contributed by atoms with Crippen molar-refractivity contribution >= 4 is 57.5 Å². The third-order valence-corrected chi connectivity index (χ3v) is 4.68. The van der Waals surface area contributed by atoms with E-state index >= 15 is 0 Å². The molecule has 112 valence electrons. The van der Waals surface area contributed by atoms with E-state index in [1.165, 1.54) is 0 Å². The molecule has 3 rings (SSSR count). The first-order chi connectivity index (χ1) is 10.6. The van der Waals surface area contributed by atoms with Crippen molar-refractivity contribution in [1.82, 2.24) is 4.98 Å². The van der Waals surface area contributed by atoms with Crippen molar-refractivity contribution in [2.75, 3.05) is 11.6 Å². The molecule has 6 heteroatoms. The highest BCUT2D eigenvalue weighted by Crippen LogP contribution is 2.28. The van der Waals surface area contributed by atoms with Crippen molar-refractivity contribution in [3.05, 3.63) is 58.2 Å². The van der Waals surface area contributed by atoms with Gasteiger partial charge in [-0.2, -0.15) is 0 Å². The standard InChI is InChI=1S/C16H12Cl2N2OS/c1-22-11-4-2-3-10(7-11)19-16(21)15-6-9-5-12(17)13(18)8-14(9)20-15/h2-8,20H,1H3,(H,19,21). The largest absolute Gasteiger partial charge is 0.350 e. The molecule has 0 saturated carbocycles. The van der Waals surface area contributed by atoms with E-state index in [-0.39, 0.29) is 5.91 Å². The monoisotopic (exact) mass is 350 g/mol. The van der Waals surface area contributed by atoms with Gasteiger partial charge in [0.1, 0.15) is 5.69 Å². The first-order valence-electron chi connectivity index (χ1n) is 6.50. The molecule has 0 bridgehead atoms. The number of aromatic amines is 1. The van der Waals surface area contributed by atoms with Crippen LogP contribution in [0.1, 0.15) is 10.5 Å². The van der Waals surface area contributed by atoms with Gasteiger partial charge in [0.15, 0.2) is 0 Å². The zero-order chi connectivity index (χ0) is 15.7. The lowest BCUT2D eigenvalue weighted by molar-refractivity contribution is 0.102. The lowest BCUT2D eigenvalue weighted by Gasteiger charge is -2.05. The van der Waals surface area contributed by atoms with E-state index in [4.69, 9.17) is 23.2 Å². The SMILES string of the molecule is CSc1cccc(NC(=O)c2cc3cc(Cl)c(Cl)cc3[nH]2)c1. The maximum atomic E-state index is 12.3. The average Bonchev–Trinajstić information content (AvgIpc) is 2.91. The number of thioether (sulfide) groups is 1. The molecule has 1 heterocycles. The van der Waals surface area contributed by atoms with Gasteiger partial charge >= 0.3 is 0 Å².